The molecule has 0 saturated carbocycles. The number of ether oxygens (including phenoxy) is 1. The molecule has 0 aliphatic carbocycles. The predicted molar refractivity (Wildman–Crippen MR) is 136 cm³/mol. The molecule has 0 fully saturated rings. The molecule has 1 aromatic heterocycles. The van der Waals surface area contributed by atoms with Crippen molar-refractivity contribution in [1.82, 2.24) is 9.97 Å². The first kappa shape index (κ1) is 38.5. The zero-order chi connectivity index (χ0) is 27.6. The minimum Gasteiger partial charge on any atom is -0.376 e. The third-order valence-corrected chi connectivity index (χ3v) is 3.61. The summed E-state index contributed by atoms with van der Waals surface area (Å²) >= 11 is 0. The van der Waals surface area contributed by atoms with Crippen LogP contribution in [0, 0.1) is 0 Å². The molecule has 0 bridgehead atoms. The van der Waals surface area contributed by atoms with Gasteiger partial charge in [0.15, 0.2) is 5.82 Å². The first-order valence-electron chi connectivity index (χ1n) is 11.2. The van der Waals surface area contributed by atoms with E-state index in [-0.39, 0.29) is 17.5 Å². The Kier molecular flexibility index (Phi) is 29.9. The largest absolute Gasteiger partial charge is 0.416 e. The number of rotatable bonds is 10. The lowest BCUT2D eigenvalue weighted by Crippen LogP contribution is -2.23. The first-order valence-corrected chi connectivity index (χ1v) is 11.2. The number of nitrogens with zero attached hydrogens (tertiary/aromatic N) is 2. The molecule has 6 nitrogen and oxygen atoms in total. The van der Waals surface area contributed by atoms with E-state index in [1.54, 1.807) is 6.07 Å². The van der Waals surface area contributed by atoms with E-state index in [1.807, 2.05) is 55.1 Å². The van der Waals surface area contributed by atoms with E-state index in [4.69, 9.17) is 14.3 Å². The molecule has 0 aliphatic heterocycles. The van der Waals surface area contributed by atoms with Crippen molar-refractivity contribution in [2.75, 3.05) is 18.5 Å². The van der Waals surface area contributed by atoms with Crippen molar-refractivity contribution < 1.29 is 27.5 Å². The summed E-state index contributed by atoms with van der Waals surface area (Å²) in [5.74, 6) is 0.700. The van der Waals surface area contributed by atoms with E-state index < -0.39 is 11.7 Å². The summed E-state index contributed by atoms with van der Waals surface area (Å²) < 4.78 is 44.5. The third kappa shape index (κ3) is 17.7. The monoisotopic (exact) mass is 489 g/mol. The maximum absolute atomic E-state index is 12.9. The van der Waals surface area contributed by atoms with Crippen LogP contribution in [0.25, 0.3) is 5.57 Å². The maximum atomic E-state index is 12.9. The second kappa shape index (κ2) is 26.4. The van der Waals surface area contributed by atoms with E-state index >= 15 is 0 Å². The topological polar surface area (TPSA) is 81.2 Å². The number of allylic oxidation sites excluding steroid dienone is 5. The molecule has 0 saturated heterocycles. The highest BCUT2D eigenvalue weighted by atomic mass is 19.4. The minimum absolute atomic E-state index is 0.0441. The van der Waals surface area contributed by atoms with Crippen molar-refractivity contribution in [1.29, 1.82) is 0 Å². The van der Waals surface area contributed by atoms with Crippen molar-refractivity contribution in [2.24, 2.45) is 0 Å². The number of aromatic nitrogens is 2. The molecule has 1 heterocycles. The van der Waals surface area contributed by atoms with Crippen LogP contribution in [0.15, 0.2) is 42.6 Å². The molecule has 1 aromatic rings. The first-order chi connectivity index (χ1) is 16.3. The highest BCUT2D eigenvalue weighted by molar-refractivity contribution is 5.72. The lowest BCUT2D eigenvalue weighted by atomic mass is 10.1. The number of alkyl halides is 3. The molecule has 0 aromatic carbocycles. The Morgan fingerprint density at radius 3 is 2.12 bits per heavy atom. The van der Waals surface area contributed by atoms with Crippen LogP contribution in [-0.4, -0.2) is 49.0 Å². The van der Waals surface area contributed by atoms with Crippen LogP contribution >= 0.6 is 0 Å². The summed E-state index contributed by atoms with van der Waals surface area (Å²) in [5, 5.41) is 3.15. The third-order valence-electron chi connectivity index (χ3n) is 3.61. The minimum atomic E-state index is -4.44. The molecule has 0 aliphatic rings. The van der Waals surface area contributed by atoms with Crippen LogP contribution in [0.4, 0.5) is 19.0 Å². The fourth-order valence-electron chi connectivity index (χ4n) is 2.13. The Morgan fingerprint density at radius 1 is 1.15 bits per heavy atom. The standard InChI is InChI=1S/C19H26F3N3O.2C2H6.2CH2O/c1-5-11-26-16(8-4)13-24-17-9-10-23-18(25-17)14(6-2)12-15(7-3)19(20,21)22;4*1-2/h6-7,9-10,12,16H,2,5,8,11,13H2,1,3-4H3,(H,23,24,25);2*1-2H3;2*1H2/b14-12+,15-7+;;;;. The lowest BCUT2D eigenvalue weighted by Gasteiger charge is -2.17. The highest BCUT2D eigenvalue weighted by Gasteiger charge is 2.31. The summed E-state index contributed by atoms with van der Waals surface area (Å²) in [6.07, 6.45) is 2.19. The zero-order valence-corrected chi connectivity index (χ0v) is 21.7. The van der Waals surface area contributed by atoms with Gasteiger partial charge in [0.25, 0.3) is 0 Å². The Balaban J connectivity index is -0.000000506. The van der Waals surface area contributed by atoms with E-state index in [9.17, 15) is 13.2 Å². The average molecular weight is 490 g/mol. The molecule has 196 valence electrons. The van der Waals surface area contributed by atoms with Gasteiger partial charge in [0, 0.05) is 24.9 Å². The van der Waals surface area contributed by atoms with Crippen molar-refractivity contribution >= 4 is 25.0 Å². The molecule has 1 atom stereocenters. The van der Waals surface area contributed by atoms with Crippen LogP contribution in [-0.2, 0) is 14.3 Å². The molecule has 0 amide bonds. The number of hydrogen-bond acceptors (Lipinski definition) is 6. The van der Waals surface area contributed by atoms with Crippen LogP contribution in [0.2, 0.25) is 0 Å². The smallest absolute Gasteiger partial charge is 0.376 e. The average Bonchev–Trinajstić information content (AvgIpc) is 2.89. The Hall–Kier alpha value is -2.81. The summed E-state index contributed by atoms with van der Waals surface area (Å²) in [7, 11) is 0. The fourth-order valence-corrected chi connectivity index (χ4v) is 2.13. The normalized spacial score (nSPS) is 11.5. The molecule has 1 N–H and O–H groups in total. The fraction of sp³-hybridized carbons (Fsp3) is 0.520. The number of halogens is 3. The van der Waals surface area contributed by atoms with Crippen LogP contribution in [0.1, 0.15) is 67.1 Å². The van der Waals surface area contributed by atoms with Crippen molar-refractivity contribution in [3.05, 3.63) is 48.5 Å². The molecule has 0 radical (unpaired) electrons. The molecule has 1 unspecified atom stereocenters. The molecule has 34 heavy (non-hydrogen) atoms. The molecule has 9 heteroatoms. The van der Waals surface area contributed by atoms with Gasteiger partial charge in [-0.25, -0.2) is 9.97 Å². The number of anilines is 1. The highest BCUT2D eigenvalue weighted by Crippen LogP contribution is 2.29. The molecule has 0 spiro atoms. The van der Waals surface area contributed by atoms with E-state index in [1.165, 1.54) is 19.2 Å². The summed E-state index contributed by atoms with van der Waals surface area (Å²) in [5.41, 5.74) is -0.568. The van der Waals surface area contributed by atoms with Gasteiger partial charge in [-0.15, -0.1) is 0 Å². The zero-order valence-electron chi connectivity index (χ0n) is 21.7. The second-order valence-electron chi connectivity index (χ2n) is 5.59. The van der Waals surface area contributed by atoms with Gasteiger partial charge in [0.1, 0.15) is 19.4 Å². The van der Waals surface area contributed by atoms with Crippen LogP contribution in [0.3, 0.4) is 0 Å². The Labute approximate surface area is 203 Å². The van der Waals surface area contributed by atoms with Crippen LogP contribution < -0.4 is 5.32 Å². The van der Waals surface area contributed by atoms with Gasteiger partial charge in [-0.1, -0.05) is 60.3 Å². The number of carbonyl (C=O) groups is 2. The Morgan fingerprint density at radius 2 is 1.71 bits per heavy atom. The second-order valence-corrected chi connectivity index (χ2v) is 5.59. The van der Waals surface area contributed by atoms with Gasteiger partial charge in [-0.2, -0.15) is 13.2 Å². The van der Waals surface area contributed by atoms with E-state index in [2.05, 4.69) is 21.9 Å². The lowest BCUT2D eigenvalue weighted by molar-refractivity contribution is -0.0987. The van der Waals surface area contributed by atoms with Crippen LogP contribution in [0.5, 0.6) is 0 Å². The van der Waals surface area contributed by atoms with Gasteiger partial charge in [-0.3, -0.25) is 0 Å². The van der Waals surface area contributed by atoms with Gasteiger partial charge >= 0.3 is 6.18 Å². The van der Waals surface area contributed by atoms with E-state index in [0.29, 0.717) is 19.0 Å². The molecular formula is C25H42F3N3O3. The van der Waals surface area contributed by atoms with Crippen molar-refractivity contribution in [3.63, 3.8) is 0 Å². The number of hydrogen-bond donors (Lipinski definition) is 1. The molecule has 1 rings (SSSR count). The van der Waals surface area contributed by atoms with Gasteiger partial charge in [-0.05, 0) is 31.9 Å². The van der Waals surface area contributed by atoms with Gasteiger partial charge in [0.2, 0.25) is 0 Å². The predicted octanol–water partition coefficient (Wildman–Crippen LogP) is 6.85. The summed E-state index contributed by atoms with van der Waals surface area (Å²) in [4.78, 5) is 24.3. The van der Waals surface area contributed by atoms with Gasteiger partial charge < -0.3 is 19.6 Å². The maximum Gasteiger partial charge on any atom is 0.416 e. The van der Waals surface area contributed by atoms with Crippen molar-refractivity contribution in [3.8, 4) is 0 Å². The van der Waals surface area contributed by atoms with Crippen molar-refractivity contribution in [2.45, 2.75) is 73.6 Å². The van der Waals surface area contributed by atoms with Gasteiger partial charge in [0.05, 0.1) is 11.7 Å². The number of carbonyl (C=O) groups excluding carboxylic acids is 2. The van der Waals surface area contributed by atoms with E-state index in [0.717, 1.165) is 25.0 Å². The Bertz CT molecular complexity index is 677. The number of nitrogens with one attached hydrogen (secondary N) is 1. The molecular weight excluding hydrogens is 447 g/mol. The summed E-state index contributed by atoms with van der Waals surface area (Å²) in [6.45, 7) is 22.2. The SMILES string of the molecule is C=C/C(=C\C(=C/C)C(F)(F)F)c1nccc(NCC(CC)OCCC)n1.C=O.C=O.CC.CC. The summed E-state index contributed by atoms with van der Waals surface area (Å²) in [6, 6.07) is 1.66. The quantitative estimate of drug-likeness (QED) is 0.362.